The van der Waals surface area contributed by atoms with Crippen molar-refractivity contribution >= 4 is 29.4 Å². The first-order chi connectivity index (χ1) is 22.2. The van der Waals surface area contributed by atoms with Gasteiger partial charge in [0.1, 0.15) is 0 Å². The Labute approximate surface area is 271 Å². The third-order valence-electron chi connectivity index (χ3n) is 8.05. The van der Waals surface area contributed by atoms with Crippen LogP contribution >= 0.6 is 11.6 Å². The minimum Gasteiger partial charge on any atom is -0.355 e. The number of carbonyl (C=O) groups is 2. The largest absolute Gasteiger partial charge is 0.416 e. The van der Waals surface area contributed by atoms with Gasteiger partial charge in [0.2, 0.25) is 5.95 Å². The van der Waals surface area contributed by atoms with Gasteiger partial charge in [0.05, 0.1) is 29.5 Å². The number of hydrogen-bond donors (Lipinski definition) is 2. The second-order valence-electron chi connectivity index (χ2n) is 11.1. The van der Waals surface area contributed by atoms with Crippen LogP contribution in [-0.4, -0.2) is 39.4 Å². The predicted molar refractivity (Wildman–Crippen MR) is 166 cm³/mol. The maximum Gasteiger partial charge on any atom is 0.416 e. The molecule has 2 atom stereocenters. The van der Waals surface area contributed by atoms with Crippen molar-refractivity contribution in [3.05, 3.63) is 121 Å². The minimum absolute atomic E-state index is 0.00109. The van der Waals surface area contributed by atoms with Gasteiger partial charge in [0, 0.05) is 40.4 Å². The lowest BCUT2D eigenvalue weighted by molar-refractivity contribution is -0.137. The van der Waals surface area contributed by atoms with Crippen LogP contribution in [0, 0.1) is 0 Å². The molecule has 0 bridgehead atoms. The van der Waals surface area contributed by atoms with Crippen molar-refractivity contribution in [2.45, 2.75) is 51.5 Å². The Kier molecular flexibility index (Phi) is 9.39. The number of nitrogens with zero attached hydrogens (tertiary/aromatic N) is 3. The lowest BCUT2D eigenvalue weighted by Gasteiger charge is -2.35. The summed E-state index contributed by atoms with van der Waals surface area (Å²) in [5.41, 5.74) is 0.0562. The summed E-state index contributed by atoms with van der Waals surface area (Å²) in [5, 5.41) is 5.48. The van der Waals surface area contributed by atoms with E-state index in [1.54, 1.807) is 26.0 Å². The molecule has 1 aliphatic heterocycles. The highest BCUT2D eigenvalue weighted by molar-refractivity contribution is 6.31. The Balaban J connectivity index is 1.56. The second-order valence-corrected chi connectivity index (χ2v) is 11.5. The summed E-state index contributed by atoms with van der Waals surface area (Å²) in [6.07, 6.45) is -7.29. The molecule has 47 heavy (non-hydrogen) atoms. The first-order valence-electron chi connectivity index (χ1n) is 14.5. The first kappa shape index (κ1) is 33.6. The number of rotatable bonds is 7. The van der Waals surface area contributed by atoms with Crippen LogP contribution in [0.5, 0.6) is 0 Å². The number of amides is 2. The van der Waals surface area contributed by atoms with E-state index in [-0.39, 0.29) is 41.1 Å². The molecule has 0 saturated carbocycles. The Morgan fingerprint density at radius 3 is 2.23 bits per heavy atom. The van der Waals surface area contributed by atoms with Crippen LogP contribution in [-0.2, 0) is 19.1 Å². The molecule has 2 N–H and O–H groups in total. The molecule has 14 heteroatoms. The molecule has 246 valence electrons. The number of anilines is 1. The standard InChI is InChI=1S/C33H29ClF5N5O3/c1-17-14-25-27(16-43(17)30(46)21-8-13-26(34)24(15-21)28(35)36)42-32(41-18(2)19-4-9-22(10-5-19)33(37,38)39)44(31(25)47)23-11-6-20(7-12-23)29(45)40-3/h4-13,15,17-18,28H,14,16H2,1-3H3,(H,40,45)(H,41,42)/t17-,18+/m1/s1. The van der Waals surface area contributed by atoms with Gasteiger partial charge in [0.25, 0.3) is 23.8 Å². The lowest BCUT2D eigenvalue weighted by atomic mass is 9.98. The first-order valence-corrected chi connectivity index (χ1v) is 14.9. The summed E-state index contributed by atoms with van der Waals surface area (Å²) >= 11 is 5.89. The van der Waals surface area contributed by atoms with Crippen molar-refractivity contribution in [3.8, 4) is 5.69 Å². The smallest absolute Gasteiger partial charge is 0.355 e. The zero-order chi connectivity index (χ0) is 34.2. The SMILES string of the molecule is CNC(=O)c1ccc(-n2c(N[C@@H](C)c3ccc(C(F)(F)F)cc3)nc3c(c2=O)C[C@@H](C)N(C(=O)c2ccc(Cl)c(C(F)F)c2)C3)cc1. The van der Waals surface area contributed by atoms with Gasteiger partial charge in [-0.25, -0.2) is 18.3 Å². The Morgan fingerprint density at radius 1 is 1.00 bits per heavy atom. The molecule has 0 spiro atoms. The van der Waals surface area contributed by atoms with Crippen molar-refractivity contribution in [2.75, 3.05) is 12.4 Å². The van der Waals surface area contributed by atoms with Crippen LogP contribution in [0.25, 0.3) is 5.69 Å². The van der Waals surface area contributed by atoms with Crippen LogP contribution in [0.2, 0.25) is 5.02 Å². The van der Waals surface area contributed by atoms with Gasteiger partial charge in [-0.3, -0.25) is 14.4 Å². The van der Waals surface area contributed by atoms with E-state index >= 15 is 0 Å². The molecule has 1 aromatic heterocycles. The summed E-state index contributed by atoms with van der Waals surface area (Å²) in [5.74, 6) is -0.839. The predicted octanol–water partition coefficient (Wildman–Crippen LogP) is 6.96. The molecule has 5 rings (SSSR count). The number of hydrogen-bond acceptors (Lipinski definition) is 5. The number of halogens is 6. The van der Waals surface area contributed by atoms with Gasteiger partial charge < -0.3 is 15.5 Å². The third kappa shape index (κ3) is 6.85. The quantitative estimate of drug-likeness (QED) is 0.207. The van der Waals surface area contributed by atoms with E-state index in [1.807, 2.05) is 0 Å². The van der Waals surface area contributed by atoms with E-state index in [4.69, 9.17) is 16.6 Å². The van der Waals surface area contributed by atoms with Crippen LogP contribution in [0.4, 0.5) is 27.9 Å². The highest BCUT2D eigenvalue weighted by Gasteiger charge is 2.33. The normalized spacial score (nSPS) is 15.3. The Morgan fingerprint density at radius 2 is 1.64 bits per heavy atom. The highest BCUT2D eigenvalue weighted by atomic mass is 35.5. The number of carbonyl (C=O) groups excluding carboxylic acids is 2. The monoisotopic (exact) mass is 673 g/mol. The fourth-order valence-electron chi connectivity index (χ4n) is 5.42. The van der Waals surface area contributed by atoms with E-state index in [2.05, 4.69) is 10.6 Å². The van der Waals surface area contributed by atoms with Gasteiger partial charge in [0.15, 0.2) is 0 Å². The molecule has 4 aromatic rings. The highest BCUT2D eigenvalue weighted by Crippen LogP contribution is 2.32. The second kappa shape index (κ2) is 13.1. The number of alkyl halides is 5. The summed E-state index contributed by atoms with van der Waals surface area (Å²) < 4.78 is 67.8. The van der Waals surface area contributed by atoms with Gasteiger partial charge in [-0.2, -0.15) is 13.2 Å². The van der Waals surface area contributed by atoms with Crippen LogP contribution < -0.4 is 16.2 Å². The average molecular weight is 674 g/mol. The fraction of sp³-hybridized carbons (Fsp3) is 0.273. The average Bonchev–Trinajstić information content (AvgIpc) is 3.04. The fourth-order valence-corrected chi connectivity index (χ4v) is 5.62. The van der Waals surface area contributed by atoms with Gasteiger partial charge in [-0.15, -0.1) is 0 Å². The van der Waals surface area contributed by atoms with E-state index in [9.17, 15) is 36.3 Å². The molecule has 0 saturated heterocycles. The zero-order valence-electron chi connectivity index (χ0n) is 25.3. The molecule has 0 aliphatic carbocycles. The number of nitrogens with one attached hydrogen (secondary N) is 2. The van der Waals surface area contributed by atoms with Crippen LogP contribution in [0.15, 0.2) is 71.5 Å². The van der Waals surface area contributed by atoms with E-state index in [1.165, 1.54) is 52.9 Å². The molecule has 8 nitrogen and oxygen atoms in total. The van der Waals surface area contributed by atoms with E-state index < -0.39 is 47.3 Å². The summed E-state index contributed by atoms with van der Waals surface area (Å²) in [7, 11) is 1.48. The molecule has 0 fully saturated rings. The van der Waals surface area contributed by atoms with Crippen molar-refractivity contribution in [2.24, 2.45) is 0 Å². The van der Waals surface area contributed by atoms with E-state index in [0.717, 1.165) is 18.2 Å². The summed E-state index contributed by atoms with van der Waals surface area (Å²) in [6.45, 7) is 3.30. The Bertz CT molecular complexity index is 1880. The molecule has 2 heterocycles. The molecule has 2 amide bonds. The van der Waals surface area contributed by atoms with Crippen molar-refractivity contribution in [1.82, 2.24) is 19.8 Å². The third-order valence-corrected chi connectivity index (χ3v) is 8.40. The number of aromatic nitrogens is 2. The molecular weight excluding hydrogens is 645 g/mol. The van der Waals surface area contributed by atoms with Gasteiger partial charge >= 0.3 is 6.18 Å². The topological polar surface area (TPSA) is 96.3 Å². The van der Waals surface area contributed by atoms with Crippen LogP contribution in [0.1, 0.15) is 75.0 Å². The van der Waals surface area contributed by atoms with Crippen molar-refractivity contribution in [3.63, 3.8) is 0 Å². The lowest BCUT2D eigenvalue weighted by Crippen LogP contribution is -2.46. The molecule has 0 radical (unpaired) electrons. The molecule has 0 unspecified atom stereocenters. The maximum atomic E-state index is 14.1. The van der Waals surface area contributed by atoms with Crippen molar-refractivity contribution in [1.29, 1.82) is 0 Å². The van der Waals surface area contributed by atoms with Gasteiger partial charge in [-0.1, -0.05) is 23.7 Å². The molecule has 1 aliphatic rings. The minimum atomic E-state index is -4.51. The van der Waals surface area contributed by atoms with Crippen LogP contribution in [0.3, 0.4) is 0 Å². The van der Waals surface area contributed by atoms with Crippen molar-refractivity contribution < 1.29 is 31.5 Å². The summed E-state index contributed by atoms with van der Waals surface area (Å²) in [6, 6.07) is 13.3. The Hall–Kier alpha value is -4.78. The van der Waals surface area contributed by atoms with E-state index in [0.29, 0.717) is 22.4 Å². The molecular formula is C33H29ClF5N5O3. The number of fused-ring (bicyclic) bond motifs is 1. The maximum absolute atomic E-state index is 14.1. The number of benzene rings is 3. The zero-order valence-corrected chi connectivity index (χ0v) is 26.1. The molecule has 3 aromatic carbocycles. The summed E-state index contributed by atoms with van der Waals surface area (Å²) in [4.78, 5) is 45.9. The van der Waals surface area contributed by atoms with Gasteiger partial charge in [-0.05, 0) is 80.4 Å².